The number of nitrogens with one attached hydrogen (secondary N) is 1. The van der Waals surface area contributed by atoms with Gasteiger partial charge in [-0.15, -0.1) is 0 Å². The third kappa shape index (κ3) is 4.48. The van der Waals surface area contributed by atoms with Gasteiger partial charge in [0.1, 0.15) is 5.82 Å². The van der Waals surface area contributed by atoms with Crippen molar-refractivity contribution >= 4 is 15.9 Å². The van der Waals surface area contributed by atoms with Crippen LogP contribution in [0.4, 0.5) is 4.39 Å². The van der Waals surface area contributed by atoms with E-state index in [4.69, 9.17) is 4.74 Å². The highest BCUT2D eigenvalue weighted by atomic mass is 32.2. The van der Waals surface area contributed by atoms with Crippen LogP contribution in [0.25, 0.3) is 0 Å². The highest BCUT2D eigenvalue weighted by Crippen LogP contribution is 2.21. The van der Waals surface area contributed by atoms with E-state index in [1.54, 1.807) is 0 Å². The summed E-state index contributed by atoms with van der Waals surface area (Å²) < 4.78 is 46.1. The van der Waals surface area contributed by atoms with Gasteiger partial charge in [0.2, 0.25) is 10.0 Å². The number of ether oxygens (including phenoxy) is 1. The first kappa shape index (κ1) is 20.2. The highest BCUT2D eigenvalue weighted by Gasteiger charge is 2.28. The Morgan fingerprint density at radius 2 is 2.04 bits per heavy atom. The second kappa shape index (κ2) is 8.64. The molecule has 3 rings (SSSR count). The van der Waals surface area contributed by atoms with Gasteiger partial charge in [0.05, 0.1) is 23.7 Å². The number of rotatable bonds is 6. The van der Waals surface area contributed by atoms with Crippen LogP contribution in [-0.2, 0) is 14.8 Å². The fraction of sp³-hybridized carbons (Fsp3) is 0.611. The SMILES string of the molecule is CCN1CCC[C@@H]1CNC(=O)c1cc(S(=O)(=O)N2CCOCC2)ccc1F. The molecular weight excluding hydrogens is 373 g/mol. The normalized spacial score (nSPS) is 22.1. The second-order valence-corrected chi connectivity index (χ2v) is 8.73. The van der Waals surface area contributed by atoms with Crippen LogP contribution in [0.15, 0.2) is 23.1 Å². The van der Waals surface area contributed by atoms with Gasteiger partial charge in [-0.25, -0.2) is 12.8 Å². The van der Waals surface area contributed by atoms with Gasteiger partial charge in [0.25, 0.3) is 5.91 Å². The maximum atomic E-state index is 14.2. The van der Waals surface area contributed by atoms with Gasteiger partial charge < -0.3 is 10.1 Å². The second-order valence-electron chi connectivity index (χ2n) is 6.79. The van der Waals surface area contributed by atoms with Crippen molar-refractivity contribution in [3.05, 3.63) is 29.6 Å². The standard InChI is InChI=1S/C18H26FN3O4S/c1-2-21-7-3-4-14(21)13-20-18(23)16-12-15(5-6-17(16)19)27(24,25)22-8-10-26-11-9-22/h5-6,12,14H,2-4,7-11,13H2,1H3,(H,20,23)/t14-/m1/s1. The molecule has 0 aliphatic carbocycles. The Balaban J connectivity index is 1.73. The van der Waals surface area contributed by atoms with Gasteiger partial charge >= 0.3 is 0 Å². The number of hydrogen-bond acceptors (Lipinski definition) is 5. The number of sulfonamides is 1. The molecular formula is C18H26FN3O4S. The minimum atomic E-state index is -3.78. The predicted octanol–water partition coefficient (Wildman–Crippen LogP) is 1.06. The van der Waals surface area contributed by atoms with Crippen molar-refractivity contribution in [3.8, 4) is 0 Å². The minimum absolute atomic E-state index is 0.0769. The number of morpholine rings is 1. The summed E-state index contributed by atoms with van der Waals surface area (Å²) in [5.74, 6) is -1.32. The first-order valence-corrected chi connectivity index (χ1v) is 10.8. The molecule has 0 aromatic heterocycles. The quantitative estimate of drug-likeness (QED) is 0.774. The molecule has 2 aliphatic rings. The summed E-state index contributed by atoms with van der Waals surface area (Å²) in [5, 5.41) is 2.76. The van der Waals surface area contributed by atoms with Gasteiger partial charge in [-0.3, -0.25) is 9.69 Å². The summed E-state index contributed by atoms with van der Waals surface area (Å²) in [5.41, 5.74) is -0.245. The van der Waals surface area contributed by atoms with Crippen LogP contribution < -0.4 is 5.32 Å². The fourth-order valence-corrected chi connectivity index (χ4v) is 5.06. The van der Waals surface area contributed by atoms with Crippen molar-refractivity contribution in [2.45, 2.75) is 30.7 Å². The molecule has 1 aromatic carbocycles. The van der Waals surface area contributed by atoms with Crippen LogP contribution in [0.1, 0.15) is 30.1 Å². The number of likely N-dealkylation sites (N-methyl/N-ethyl adjacent to an activating group) is 1. The Kier molecular flexibility index (Phi) is 6.46. The molecule has 0 spiro atoms. The molecule has 0 radical (unpaired) electrons. The van der Waals surface area contributed by atoms with Crippen LogP contribution in [0.5, 0.6) is 0 Å². The Bertz CT molecular complexity index is 781. The lowest BCUT2D eigenvalue weighted by Gasteiger charge is -2.26. The Hall–Kier alpha value is -1.55. The van der Waals surface area contributed by atoms with Gasteiger partial charge in [0, 0.05) is 25.7 Å². The molecule has 1 amide bonds. The zero-order valence-corrected chi connectivity index (χ0v) is 16.3. The van der Waals surface area contributed by atoms with Crippen molar-refractivity contribution < 1.29 is 22.3 Å². The van der Waals surface area contributed by atoms with E-state index in [1.165, 1.54) is 10.4 Å². The molecule has 2 fully saturated rings. The van der Waals surface area contributed by atoms with Gasteiger partial charge in [0.15, 0.2) is 0 Å². The Morgan fingerprint density at radius 3 is 2.74 bits per heavy atom. The van der Waals surface area contributed by atoms with Crippen molar-refractivity contribution in [2.75, 3.05) is 45.9 Å². The van der Waals surface area contributed by atoms with E-state index >= 15 is 0 Å². The lowest BCUT2D eigenvalue weighted by atomic mass is 10.1. The maximum absolute atomic E-state index is 14.2. The molecule has 1 atom stereocenters. The van der Waals surface area contributed by atoms with E-state index in [0.29, 0.717) is 19.8 Å². The monoisotopic (exact) mass is 399 g/mol. The number of nitrogens with zero attached hydrogens (tertiary/aromatic N) is 2. The van der Waals surface area contributed by atoms with Crippen LogP contribution in [0.2, 0.25) is 0 Å². The van der Waals surface area contributed by atoms with E-state index < -0.39 is 21.7 Å². The van der Waals surface area contributed by atoms with E-state index in [2.05, 4.69) is 17.1 Å². The predicted molar refractivity (Wildman–Crippen MR) is 98.6 cm³/mol. The molecule has 0 saturated carbocycles. The van der Waals surface area contributed by atoms with Crippen molar-refractivity contribution in [2.24, 2.45) is 0 Å². The maximum Gasteiger partial charge on any atom is 0.254 e. The van der Waals surface area contributed by atoms with E-state index in [0.717, 1.165) is 38.1 Å². The average molecular weight is 399 g/mol. The summed E-state index contributed by atoms with van der Waals surface area (Å²) in [6, 6.07) is 3.60. The number of likely N-dealkylation sites (tertiary alicyclic amines) is 1. The number of amides is 1. The molecule has 1 N–H and O–H groups in total. The molecule has 9 heteroatoms. The summed E-state index contributed by atoms with van der Waals surface area (Å²) in [6.07, 6.45) is 2.07. The van der Waals surface area contributed by atoms with Gasteiger partial charge in [-0.05, 0) is 44.1 Å². The third-order valence-electron chi connectivity index (χ3n) is 5.19. The molecule has 0 bridgehead atoms. The molecule has 1 aromatic rings. The number of halogens is 1. The fourth-order valence-electron chi connectivity index (χ4n) is 3.62. The van der Waals surface area contributed by atoms with Gasteiger partial charge in [-0.2, -0.15) is 4.31 Å². The van der Waals surface area contributed by atoms with Crippen molar-refractivity contribution in [1.29, 1.82) is 0 Å². The largest absolute Gasteiger partial charge is 0.379 e. The molecule has 2 heterocycles. The van der Waals surface area contributed by atoms with E-state index in [1.807, 2.05) is 0 Å². The summed E-state index contributed by atoms with van der Waals surface area (Å²) in [6.45, 7) is 5.53. The van der Waals surface area contributed by atoms with Crippen LogP contribution in [0, 0.1) is 5.82 Å². The van der Waals surface area contributed by atoms with Crippen molar-refractivity contribution in [1.82, 2.24) is 14.5 Å². The highest BCUT2D eigenvalue weighted by molar-refractivity contribution is 7.89. The summed E-state index contributed by atoms with van der Waals surface area (Å²) in [4.78, 5) is 14.7. The summed E-state index contributed by atoms with van der Waals surface area (Å²) >= 11 is 0. The van der Waals surface area contributed by atoms with Crippen LogP contribution in [-0.4, -0.2) is 75.5 Å². The van der Waals surface area contributed by atoms with E-state index in [-0.39, 0.29) is 29.6 Å². The van der Waals surface area contributed by atoms with E-state index in [9.17, 15) is 17.6 Å². The number of carbonyl (C=O) groups excluding carboxylic acids is 1. The molecule has 27 heavy (non-hydrogen) atoms. The lowest BCUT2D eigenvalue weighted by molar-refractivity contribution is 0.0730. The number of benzene rings is 1. The first-order valence-electron chi connectivity index (χ1n) is 9.33. The van der Waals surface area contributed by atoms with Crippen LogP contribution >= 0.6 is 0 Å². The molecule has 150 valence electrons. The zero-order chi connectivity index (χ0) is 19.4. The van der Waals surface area contributed by atoms with Crippen molar-refractivity contribution in [3.63, 3.8) is 0 Å². The molecule has 7 nitrogen and oxygen atoms in total. The topological polar surface area (TPSA) is 79.0 Å². The first-order chi connectivity index (χ1) is 12.9. The molecule has 0 unspecified atom stereocenters. The Labute approximate surface area is 159 Å². The van der Waals surface area contributed by atoms with Crippen LogP contribution in [0.3, 0.4) is 0 Å². The number of carbonyl (C=O) groups is 1. The number of hydrogen-bond donors (Lipinski definition) is 1. The third-order valence-corrected chi connectivity index (χ3v) is 7.09. The molecule has 2 saturated heterocycles. The zero-order valence-electron chi connectivity index (χ0n) is 15.5. The Morgan fingerprint density at radius 1 is 1.30 bits per heavy atom. The molecule has 2 aliphatic heterocycles. The summed E-state index contributed by atoms with van der Waals surface area (Å²) in [7, 11) is -3.78. The minimum Gasteiger partial charge on any atom is -0.379 e. The van der Waals surface area contributed by atoms with Gasteiger partial charge in [-0.1, -0.05) is 6.92 Å². The lowest BCUT2D eigenvalue weighted by Crippen LogP contribution is -2.41. The average Bonchev–Trinajstić information content (AvgIpc) is 3.14. The smallest absolute Gasteiger partial charge is 0.254 e.